The third kappa shape index (κ3) is 3.22. The zero-order valence-electron chi connectivity index (χ0n) is 14.3. The number of carbonyl (C=O) groups is 2. The zero-order chi connectivity index (χ0) is 19.8. The third-order valence-electron chi connectivity index (χ3n) is 4.46. The number of ketones is 1. The maximum absolute atomic E-state index is 12.9. The van der Waals surface area contributed by atoms with Crippen LogP contribution in [0.25, 0.3) is 5.76 Å². The summed E-state index contributed by atoms with van der Waals surface area (Å²) in [6, 6.07) is 16.1. The number of Topliss-reactive ketones (excluding diaryl/α,β-unsaturated/α-hetero) is 1. The molecule has 1 aromatic heterocycles. The molecule has 140 valence electrons. The number of aliphatic hydroxyl groups excluding tert-OH is 1. The smallest absolute Gasteiger partial charge is 0.300 e. The van der Waals surface area contributed by atoms with E-state index in [-0.39, 0.29) is 11.3 Å². The first-order valence-electron chi connectivity index (χ1n) is 8.33. The fraction of sp³-hybridized carbons (Fsp3) is 0.0476. The van der Waals surface area contributed by atoms with Crippen molar-refractivity contribution in [2.45, 2.75) is 6.04 Å². The first-order chi connectivity index (χ1) is 13.5. The van der Waals surface area contributed by atoms with Crippen LogP contribution in [0.4, 0.5) is 5.69 Å². The minimum atomic E-state index is -0.745. The molecular weight excluding hydrogens is 417 g/mol. The summed E-state index contributed by atoms with van der Waals surface area (Å²) >= 11 is 13.4. The fourth-order valence-electron chi connectivity index (χ4n) is 3.20. The zero-order valence-corrected chi connectivity index (χ0v) is 16.6. The summed E-state index contributed by atoms with van der Waals surface area (Å²) < 4.78 is 0. The van der Waals surface area contributed by atoms with Crippen molar-refractivity contribution in [3.05, 3.63) is 92.1 Å². The lowest BCUT2D eigenvalue weighted by atomic mass is 10.00. The van der Waals surface area contributed by atoms with Gasteiger partial charge in [0.05, 0.1) is 5.57 Å². The molecule has 28 heavy (non-hydrogen) atoms. The van der Waals surface area contributed by atoms with Gasteiger partial charge in [0.15, 0.2) is 0 Å². The Morgan fingerprint density at radius 1 is 0.964 bits per heavy atom. The molecule has 1 unspecified atom stereocenters. The molecule has 1 fully saturated rings. The number of benzene rings is 2. The van der Waals surface area contributed by atoms with Crippen LogP contribution in [0.15, 0.2) is 71.6 Å². The van der Waals surface area contributed by atoms with E-state index in [2.05, 4.69) is 0 Å². The van der Waals surface area contributed by atoms with Crippen LogP contribution in [0.3, 0.4) is 0 Å². The molecule has 1 amide bonds. The molecule has 2 aromatic carbocycles. The summed E-state index contributed by atoms with van der Waals surface area (Å²) in [6.07, 6.45) is 0. The van der Waals surface area contributed by atoms with Gasteiger partial charge in [0.25, 0.3) is 11.7 Å². The van der Waals surface area contributed by atoms with Crippen molar-refractivity contribution in [2.24, 2.45) is 0 Å². The molecular formula is C21H13Cl2NO3S. The van der Waals surface area contributed by atoms with Gasteiger partial charge < -0.3 is 5.11 Å². The number of hydrogen-bond acceptors (Lipinski definition) is 4. The van der Waals surface area contributed by atoms with Crippen molar-refractivity contribution < 1.29 is 14.7 Å². The summed E-state index contributed by atoms with van der Waals surface area (Å²) in [4.78, 5) is 27.9. The lowest BCUT2D eigenvalue weighted by Crippen LogP contribution is -2.29. The Morgan fingerprint density at radius 3 is 2.36 bits per heavy atom. The van der Waals surface area contributed by atoms with Crippen molar-refractivity contribution in [2.75, 3.05) is 4.90 Å². The monoisotopic (exact) mass is 429 g/mol. The van der Waals surface area contributed by atoms with Gasteiger partial charge in [0.2, 0.25) is 0 Å². The van der Waals surface area contributed by atoms with E-state index in [0.29, 0.717) is 21.3 Å². The van der Waals surface area contributed by atoms with Crippen molar-refractivity contribution in [1.82, 2.24) is 0 Å². The number of halogens is 2. The fourth-order valence-corrected chi connectivity index (χ4v) is 4.34. The summed E-state index contributed by atoms with van der Waals surface area (Å²) in [5, 5.41) is 13.7. The minimum absolute atomic E-state index is 0.0368. The van der Waals surface area contributed by atoms with E-state index in [9.17, 15) is 14.7 Å². The SMILES string of the molecule is O=C1C(=O)N(c2cccc(Cl)c2)C(c2cccs2)/C1=C(/O)c1ccc(Cl)cc1. The Hall–Kier alpha value is -2.60. The maximum atomic E-state index is 12.9. The van der Waals surface area contributed by atoms with Gasteiger partial charge in [-0.2, -0.15) is 0 Å². The van der Waals surface area contributed by atoms with Gasteiger partial charge in [-0.15, -0.1) is 11.3 Å². The van der Waals surface area contributed by atoms with Gasteiger partial charge in [-0.3, -0.25) is 14.5 Å². The Labute approximate surface area is 175 Å². The van der Waals surface area contributed by atoms with E-state index in [1.54, 1.807) is 48.5 Å². The normalized spacial score (nSPS) is 18.6. The van der Waals surface area contributed by atoms with Gasteiger partial charge in [-0.25, -0.2) is 0 Å². The number of hydrogen-bond donors (Lipinski definition) is 1. The van der Waals surface area contributed by atoms with Crippen molar-refractivity contribution in [3.63, 3.8) is 0 Å². The number of aliphatic hydroxyl groups is 1. The molecule has 2 heterocycles. The molecule has 1 aliphatic rings. The summed E-state index contributed by atoms with van der Waals surface area (Å²) in [5.74, 6) is -1.69. The molecule has 1 atom stereocenters. The van der Waals surface area contributed by atoms with Crippen LogP contribution in [-0.2, 0) is 9.59 Å². The Bertz CT molecular complexity index is 1090. The number of carbonyl (C=O) groups excluding carboxylic acids is 2. The molecule has 4 rings (SSSR count). The van der Waals surface area contributed by atoms with Gasteiger partial charge >= 0.3 is 0 Å². The Balaban J connectivity index is 1.93. The van der Waals surface area contributed by atoms with Crippen molar-refractivity contribution >= 4 is 57.7 Å². The number of amides is 1. The van der Waals surface area contributed by atoms with E-state index in [1.165, 1.54) is 16.2 Å². The number of nitrogens with zero attached hydrogens (tertiary/aromatic N) is 1. The molecule has 7 heteroatoms. The quantitative estimate of drug-likeness (QED) is 0.330. The molecule has 1 saturated heterocycles. The second-order valence-corrected chi connectivity index (χ2v) is 8.02. The highest BCUT2D eigenvalue weighted by Gasteiger charge is 2.47. The Kier molecular flexibility index (Phi) is 4.98. The van der Waals surface area contributed by atoms with E-state index in [4.69, 9.17) is 23.2 Å². The van der Waals surface area contributed by atoms with Crippen molar-refractivity contribution in [3.8, 4) is 0 Å². The predicted molar refractivity (Wildman–Crippen MR) is 112 cm³/mol. The van der Waals surface area contributed by atoms with Crippen LogP contribution in [0.5, 0.6) is 0 Å². The molecule has 0 bridgehead atoms. The second kappa shape index (κ2) is 7.43. The topological polar surface area (TPSA) is 57.6 Å². The van der Waals surface area contributed by atoms with Gasteiger partial charge in [-0.05, 0) is 53.9 Å². The van der Waals surface area contributed by atoms with Gasteiger partial charge in [0.1, 0.15) is 11.8 Å². The van der Waals surface area contributed by atoms with Crippen LogP contribution in [0, 0.1) is 0 Å². The summed E-state index contributed by atoms with van der Waals surface area (Å²) in [5.41, 5.74) is 0.938. The van der Waals surface area contributed by atoms with Crippen LogP contribution >= 0.6 is 34.5 Å². The molecule has 1 N–H and O–H groups in total. The lowest BCUT2D eigenvalue weighted by Gasteiger charge is -2.24. The number of rotatable bonds is 3. The molecule has 4 nitrogen and oxygen atoms in total. The van der Waals surface area contributed by atoms with Crippen LogP contribution in [0.2, 0.25) is 10.0 Å². The highest BCUT2D eigenvalue weighted by molar-refractivity contribution is 7.10. The van der Waals surface area contributed by atoms with E-state index in [1.807, 2.05) is 17.5 Å². The first-order valence-corrected chi connectivity index (χ1v) is 9.97. The van der Waals surface area contributed by atoms with Gasteiger partial charge in [-0.1, -0.05) is 35.3 Å². The lowest BCUT2D eigenvalue weighted by molar-refractivity contribution is -0.132. The summed E-state index contributed by atoms with van der Waals surface area (Å²) in [6.45, 7) is 0. The average molecular weight is 430 g/mol. The average Bonchev–Trinajstić information content (AvgIpc) is 3.29. The Morgan fingerprint density at radius 2 is 1.71 bits per heavy atom. The van der Waals surface area contributed by atoms with E-state index in [0.717, 1.165) is 4.88 Å². The highest BCUT2D eigenvalue weighted by atomic mass is 35.5. The van der Waals surface area contributed by atoms with Gasteiger partial charge in [0, 0.05) is 26.2 Å². The molecule has 0 aliphatic carbocycles. The number of thiophene rings is 1. The van der Waals surface area contributed by atoms with Crippen molar-refractivity contribution in [1.29, 1.82) is 0 Å². The van der Waals surface area contributed by atoms with E-state index < -0.39 is 17.7 Å². The standard InChI is InChI=1S/C21H13Cl2NO3S/c22-13-8-6-12(7-9-13)19(25)17-18(16-5-2-10-28-16)24(21(27)20(17)26)15-4-1-3-14(23)11-15/h1-11,18,25H/b19-17-. The first kappa shape index (κ1) is 18.7. The third-order valence-corrected chi connectivity index (χ3v) is 5.87. The largest absolute Gasteiger partial charge is 0.507 e. The van der Waals surface area contributed by atoms with Crippen LogP contribution in [0.1, 0.15) is 16.5 Å². The highest BCUT2D eigenvalue weighted by Crippen LogP contribution is 2.43. The molecule has 0 saturated carbocycles. The van der Waals surface area contributed by atoms with Crippen LogP contribution in [-0.4, -0.2) is 16.8 Å². The van der Waals surface area contributed by atoms with Crippen LogP contribution < -0.4 is 4.90 Å². The summed E-state index contributed by atoms with van der Waals surface area (Å²) in [7, 11) is 0. The maximum Gasteiger partial charge on any atom is 0.300 e. The molecule has 0 radical (unpaired) electrons. The predicted octanol–water partition coefficient (Wildman–Crippen LogP) is 5.68. The second-order valence-electron chi connectivity index (χ2n) is 6.17. The minimum Gasteiger partial charge on any atom is -0.507 e. The molecule has 0 spiro atoms. The van der Waals surface area contributed by atoms with E-state index >= 15 is 0 Å². The molecule has 3 aromatic rings. The molecule has 1 aliphatic heterocycles. The number of anilines is 1.